The molecule has 0 aliphatic heterocycles. The van der Waals surface area contributed by atoms with E-state index in [4.69, 9.17) is 0 Å². The van der Waals surface area contributed by atoms with Gasteiger partial charge in [0.1, 0.15) is 6.33 Å². The van der Waals surface area contributed by atoms with Crippen LogP contribution in [-0.2, 0) is 10.8 Å². The normalized spacial score (nSPS) is 14.7. The van der Waals surface area contributed by atoms with E-state index in [0.29, 0.717) is 6.54 Å². The van der Waals surface area contributed by atoms with Gasteiger partial charge in [0.25, 0.3) is 0 Å². The Balaban J connectivity index is 2.40. The van der Waals surface area contributed by atoms with Crippen molar-refractivity contribution in [2.24, 2.45) is 0 Å². The maximum absolute atomic E-state index is 11.3. The molecule has 1 N–H and O–H groups in total. The van der Waals surface area contributed by atoms with Crippen molar-refractivity contribution in [3.8, 4) is 0 Å². The smallest absolute Gasteiger partial charge is 0.326 e. The molecule has 0 radical (unpaired) electrons. The summed E-state index contributed by atoms with van der Waals surface area (Å²) in [6, 6.07) is -0.250. The Kier molecular flexibility index (Phi) is 3.82. The van der Waals surface area contributed by atoms with Crippen LogP contribution >= 0.6 is 0 Å². The summed E-state index contributed by atoms with van der Waals surface area (Å²) >= 11 is 0. The highest BCUT2D eigenvalue weighted by Crippen LogP contribution is 1.91. The number of nitrogens with zero attached hydrogens (tertiary/aromatic N) is 2. The van der Waals surface area contributed by atoms with Gasteiger partial charge in [-0.2, -0.15) is 0 Å². The van der Waals surface area contributed by atoms with E-state index in [-0.39, 0.29) is 11.3 Å². The summed E-state index contributed by atoms with van der Waals surface area (Å²) in [6.07, 6.45) is 6.13. The second-order valence-electron chi connectivity index (χ2n) is 2.97. The first-order valence-electron chi connectivity index (χ1n) is 4.19. The summed E-state index contributed by atoms with van der Waals surface area (Å²) in [5, 5.41) is 2.62. The first-order chi connectivity index (χ1) is 6.61. The zero-order chi connectivity index (χ0) is 10.6. The quantitative estimate of drug-likeness (QED) is 0.783. The number of carbonyl (C=O) groups excluding carboxylic acids is 1. The Hall–Kier alpha value is -1.17. The van der Waals surface area contributed by atoms with Gasteiger partial charge in [-0.15, -0.1) is 0 Å². The molecule has 1 aromatic rings. The molecule has 2 atom stereocenters. The molecule has 0 saturated carbocycles. The number of rotatable bonds is 3. The second-order valence-corrected chi connectivity index (χ2v) is 4.77. The van der Waals surface area contributed by atoms with Crippen LogP contribution in [0, 0.1) is 0 Å². The van der Waals surface area contributed by atoms with Gasteiger partial charge in [-0.25, -0.2) is 9.78 Å². The first kappa shape index (κ1) is 10.9. The average molecular weight is 215 g/mol. The lowest BCUT2D eigenvalue weighted by Gasteiger charge is -2.09. The van der Waals surface area contributed by atoms with Crippen LogP contribution in [0.5, 0.6) is 0 Å². The average Bonchev–Trinajstić information content (AvgIpc) is 2.66. The molecule has 78 valence electrons. The minimum absolute atomic E-state index is 0.0394. The molecule has 1 amide bonds. The molecule has 2 unspecified atom stereocenters. The van der Waals surface area contributed by atoms with Crippen molar-refractivity contribution in [2.75, 3.05) is 12.8 Å². The topological polar surface area (TPSA) is 64.0 Å². The van der Waals surface area contributed by atoms with Gasteiger partial charge >= 0.3 is 6.03 Å². The van der Waals surface area contributed by atoms with Crippen LogP contribution in [0.1, 0.15) is 6.92 Å². The zero-order valence-electron chi connectivity index (χ0n) is 8.14. The number of amides is 1. The SMILES string of the molecule is CC(CNC(=O)n1ccnc1)S(C)=O. The first-order valence-corrected chi connectivity index (χ1v) is 5.81. The Morgan fingerprint density at radius 2 is 2.43 bits per heavy atom. The molecular weight excluding hydrogens is 202 g/mol. The van der Waals surface area contributed by atoms with Crippen molar-refractivity contribution in [1.82, 2.24) is 14.9 Å². The number of nitrogens with one attached hydrogen (secondary N) is 1. The van der Waals surface area contributed by atoms with Crippen molar-refractivity contribution in [2.45, 2.75) is 12.2 Å². The van der Waals surface area contributed by atoms with Gasteiger partial charge in [0, 0.05) is 41.2 Å². The summed E-state index contributed by atoms with van der Waals surface area (Å²) in [4.78, 5) is 15.1. The number of hydrogen-bond donors (Lipinski definition) is 1. The third-order valence-corrected chi connectivity index (χ3v) is 3.15. The van der Waals surface area contributed by atoms with Crippen LogP contribution in [-0.4, -0.2) is 37.8 Å². The number of aromatic nitrogens is 2. The Morgan fingerprint density at radius 3 is 2.93 bits per heavy atom. The van der Waals surface area contributed by atoms with Gasteiger partial charge in [-0.05, 0) is 6.92 Å². The molecule has 0 aliphatic carbocycles. The van der Waals surface area contributed by atoms with E-state index in [1.54, 1.807) is 12.5 Å². The summed E-state index contributed by atoms with van der Waals surface area (Å²) in [7, 11) is -0.913. The van der Waals surface area contributed by atoms with Crippen molar-refractivity contribution in [1.29, 1.82) is 0 Å². The minimum atomic E-state index is -0.913. The van der Waals surface area contributed by atoms with Crippen LogP contribution in [0.4, 0.5) is 4.79 Å². The largest absolute Gasteiger partial charge is 0.336 e. The molecule has 0 aromatic carbocycles. The molecule has 5 nitrogen and oxygen atoms in total. The summed E-state index contributed by atoms with van der Waals surface area (Å²) in [5.74, 6) is 0. The number of carbonyl (C=O) groups is 1. The Labute approximate surface area is 85.0 Å². The van der Waals surface area contributed by atoms with Gasteiger partial charge in [0.2, 0.25) is 0 Å². The van der Waals surface area contributed by atoms with Crippen LogP contribution in [0.3, 0.4) is 0 Å². The van der Waals surface area contributed by atoms with Crippen molar-refractivity contribution < 1.29 is 9.00 Å². The third kappa shape index (κ3) is 2.95. The maximum atomic E-state index is 11.3. The van der Waals surface area contributed by atoms with Gasteiger partial charge in [0.05, 0.1) is 0 Å². The fraction of sp³-hybridized carbons (Fsp3) is 0.500. The van der Waals surface area contributed by atoms with E-state index >= 15 is 0 Å². The lowest BCUT2D eigenvalue weighted by atomic mass is 10.5. The lowest BCUT2D eigenvalue weighted by Crippen LogP contribution is -2.34. The molecule has 14 heavy (non-hydrogen) atoms. The highest BCUT2D eigenvalue weighted by molar-refractivity contribution is 7.84. The van der Waals surface area contributed by atoms with E-state index < -0.39 is 10.8 Å². The summed E-state index contributed by atoms with van der Waals surface area (Å²) in [6.45, 7) is 2.23. The highest BCUT2D eigenvalue weighted by Gasteiger charge is 2.08. The van der Waals surface area contributed by atoms with E-state index in [2.05, 4.69) is 10.3 Å². The molecule has 0 aliphatic rings. The lowest BCUT2D eigenvalue weighted by molar-refractivity contribution is 0.242. The standard InChI is InChI=1S/C8H13N3O2S/c1-7(14(2)13)5-10-8(12)11-4-3-9-6-11/h3-4,6-7H,5H2,1-2H3,(H,10,12). The van der Waals surface area contributed by atoms with Crippen molar-refractivity contribution in [3.63, 3.8) is 0 Å². The zero-order valence-corrected chi connectivity index (χ0v) is 8.95. The second kappa shape index (κ2) is 4.90. The van der Waals surface area contributed by atoms with Crippen LogP contribution in [0.15, 0.2) is 18.7 Å². The van der Waals surface area contributed by atoms with E-state index in [9.17, 15) is 9.00 Å². The molecule has 1 rings (SSSR count). The molecule has 6 heteroatoms. The Bertz CT molecular complexity index is 323. The van der Waals surface area contributed by atoms with Gasteiger partial charge < -0.3 is 5.32 Å². The summed E-state index contributed by atoms with van der Waals surface area (Å²) < 4.78 is 12.3. The van der Waals surface area contributed by atoms with Crippen LogP contribution in [0.25, 0.3) is 0 Å². The summed E-state index contributed by atoms with van der Waals surface area (Å²) in [5.41, 5.74) is 0. The van der Waals surface area contributed by atoms with Gasteiger partial charge in [0.15, 0.2) is 0 Å². The molecule has 0 fully saturated rings. The van der Waals surface area contributed by atoms with E-state index in [1.807, 2.05) is 6.92 Å². The predicted molar refractivity (Wildman–Crippen MR) is 54.6 cm³/mol. The van der Waals surface area contributed by atoms with E-state index in [1.165, 1.54) is 17.1 Å². The molecule has 1 heterocycles. The predicted octanol–water partition coefficient (Wildman–Crippen LogP) is 0.208. The molecule has 0 bridgehead atoms. The molecule has 0 spiro atoms. The fourth-order valence-corrected chi connectivity index (χ4v) is 1.14. The molecular formula is C8H13N3O2S. The number of imidazole rings is 1. The van der Waals surface area contributed by atoms with Crippen molar-refractivity contribution >= 4 is 16.8 Å². The highest BCUT2D eigenvalue weighted by atomic mass is 32.2. The monoisotopic (exact) mass is 215 g/mol. The van der Waals surface area contributed by atoms with Crippen LogP contribution < -0.4 is 5.32 Å². The third-order valence-electron chi connectivity index (χ3n) is 1.85. The molecule has 0 saturated heterocycles. The Morgan fingerprint density at radius 1 is 1.71 bits per heavy atom. The van der Waals surface area contributed by atoms with Crippen LogP contribution in [0.2, 0.25) is 0 Å². The number of hydrogen-bond acceptors (Lipinski definition) is 3. The van der Waals surface area contributed by atoms with Crippen molar-refractivity contribution in [3.05, 3.63) is 18.7 Å². The van der Waals surface area contributed by atoms with E-state index in [0.717, 1.165) is 0 Å². The van der Waals surface area contributed by atoms with Gasteiger partial charge in [-0.1, -0.05) is 0 Å². The van der Waals surface area contributed by atoms with Gasteiger partial charge in [-0.3, -0.25) is 8.78 Å². The molecule has 1 aromatic heterocycles. The fourth-order valence-electron chi connectivity index (χ4n) is 0.819. The minimum Gasteiger partial charge on any atom is -0.336 e. The maximum Gasteiger partial charge on any atom is 0.326 e.